The molecule has 1 aromatic heterocycles. The molecule has 1 aromatic carbocycles. The van der Waals surface area contributed by atoms with Crippen molar-refractivity contribution in [3.63, 3.8) is 0 Å². The Morgan fingerprint density at radius 1 is 1.32 bits per heavy atom. The number of rotatable bonds is 2. The van der Waals surface area contributed by atoms with E-state index in [1.807, 2.05) is 0 Å². The highest BCUT2D eigenvalue weighted by Crippen LogP contribution is 2.24. The molecule has 19 heavy (non-hydrogen) atoms. The zero-order valence-electron chi connectivity index (χ0n) is 10.3. The van der Waals surface area contributed by atoms with Gasteiger partial charge in [-0.15, -0.1) is 0 Å². The minimum Gasteiger partial charge on any atom is -0.477 e. The van der Waals surface area contributed by atoms with Gasteiger partial charge in [0.05, 0.1) is 0 Å². The lowest BCUT2D eigenvalue weighted by molar-refractivity contribution is 0.0688. The molecule has 5 heteroatoms. The fourth-order valence-corrected chi connectivity index (χ4v) is 2.68. The third kappa shape index (κ3) is 1.92. The van der Waals surface area contributed by atoms with E-state index in [1.165, 1.54) is 0 Å². The van der Waals surface area contributed by atoms with Crippen LogP contribution in [0.2, 0.25) is 0 Å². The highest BCUT2D eigenvalue weighted by Gasteiger charge is 2.26. The zero-order chi connectivity index (χ0) is 13.4. The third-order valence-electron chi connectivity index (χ3n) is 3.57. The van der Waals surface area contributed by atoms with Crippen LogP contribution in [0.25, 0.3) is 10.9 Å². The molecule has 2 aromatic rings. The second kappa shape index (κ2) is 4.51. The Morgan fingerprint density at radius 3 is 2.79 bits per heavy atom. The summed E-state index contributed by atoms with van der Waals surface area (Å²) in [5, 5.41) is 13.0. The minimum atomic E-state index is -1.09. The maximum absolute atomic E-state index is 12.5. The molecule has 1 unspecified atom stereocenters. The number of aromatic nitrogens is 1. The maximum atomic E-state index is 12.5. The van der Waals surface area contributed by atoms with Gasteiger partial charge in [-0.25, -0.2) is 4.79 Å². The van der Waals surface area contributed by atoms with Crippen LogP contribution in [-0.2, 0) is 0 Å². The monoisotopic (exact) mass is 258 g/mol. The van der Waals surface area contributed by atoms with Crippen LogP contribution in [0.4, 0.5) is 0 Å². The number of fused-ring (bicyclic) bond motifs is 1. The van der Waals surface area contributed by atoms with Gasteiger partial charge in [0.2, 0.25) is 0 Å². The molecule has 1 aliphatic rings. The first-order valence-electron chi connectivity index (χ1n) is 6.30. The van der Waals surface area contributed by atoms with Crippen LogP contribution in [0, 0.1) is 0 Å². The van der Waals surface area contributed by atoms with E-state index in [0.717, 1.165) is 19.4 Å². The maximum Gasteiger partial charge on any atom is 0.352 e. The summed E-state index contributed by atoms with van der Waals surface area (Å²) in [6, 6.07) is 6.83. The predicted molar refractivity (Wildman–Crippen MR) is 71.5 cm³/mol. The van der Waals surface area contributed by atoms with E-state index < -0.39 is 5.97 Å². The number of aromatic amines is 1. The topological polar surface area (TPSA) is 82.2 Å². The van der Waals surface area contributed by atoms with Gasteiger partial charge in [0, 0.05) is 22.5 Å². The summed E-state index contributed by atoms with van der Waals surface area (Å²) in [6.07, 6.45) is 1.75. The average Bonchev–Trinajstić information content (AvgIpc) is 2.92. The number of H-pyrrole nitrogens is 1. The van der Waals surface area contributed by atoms with Gasteiger partial charge in [-0.1, -0.05) is 12.1 Å². The molecule has 3 rings (SSSR count). The van der Waals surface area contributed by atoms with Crippen molar-refractivity contribution in [1.82, 2.24) is 10.3 Å². The standard InChI is InChI=1S/C14H14N2O3/c17-13-8-4-1-2-5-9(8)16-12(14(18)19)11(13)10-6-3-7-15-10/h1-2,4-5,10,15H,3,6-7H2,(H,16,17)(H,18,19). The Morgan fingerprint density at radius 2 is 2.11 bits per heavy atom. The van der Waals surface area contributed by atoms with E-state index in [9.17, 15) is 14.7 Å². The highest BCUT2D eigenvalue weighted by atomic mass is 16.4. The molecule has 1 atom stereocenters. The fourth-order valence-electron chi connectivity index (χ4n) is 2.68. The Kier molecular flexibility index (Phi) is 2.83. The quantitative estimate of drug-likeness (QED) is 0.765. The summed E-state index contributed by atoms with van der Waals surface area (Å²) in [6.45, 7) is 0.815. The van der Waals surface area contributed by atoms with Gasteiger partial charge >= 0.3 is 5.97 Å². The van der Waals surface area contributed by atoms with Crippen molar-refractivity contribution in [2.45, 2.75) is 18.9 Å². The number of carboxylic acids is 1. The van der Waals surface area contributed by atoms with E-state index in [2.05, 4.69) is 10.3 Å². The molecular formula is C14H14N2O3. The number of aromatic carboxylic acids is 1. The van der Waals surface area contributed by atoms with E-state index in [-0.39, 0.29) is 17.2 Å². The van der Waals surface area contributed by atoms with Crippen LogP contribution in [0.15, 0.2) is 29.1 Å². The minimum absolute atomic E-state index is 0.00287. The molecule has 2 heterocycles. The largest absolute Gasteiger partial charge is 0.477 e. The summed E-state index contributed by atoms with van der Waals surface area (Å²) in [7, 11) is 0. The number of pyridine rings is 1. The van der Waals surface area contributed by atoms with Gasteiger partial charge in [-0.05, 0) is 31.5 Å². The van der Waals surface area contributed by atoms with Crippen molar-refractivity contribution in [3.8, 4) is 0 Å². The second-order valence-electron chi connectivity index (χ2n) is 4.74. The number of hydrogen-bond donors (Lipinski definition) is 3. The molecule has 0 saturated carbocycles. The summed E-state index contributed by atoms with van der Waals surface area (Å²) in [4.78, 5) is 26.8. The van der Waals surface area contributed by atoms with Gasteiger partial charge in [0.25, 0.3) is 0 Å². The molecule has 1 aliphatic heterocycles. The van der Waals surface area contributed by atoms with E-state index >= 15 is 0 Å². The summed E-state index contributed by atoms with van der Waals surface area (Å²) in [5.41, 5.74) is 0.726. The van der Waals surface area contributed by atoms with Crippen LogP contribution < -0.4 is 10.7 Å². The molecule has 0 radical (unpaired) electrons. The Hall–Kier alpha value is -2.14. The lowest BCUT2D eigenvalue weighted by Gasteiger charge is -2.14. The van der Waals surface area contributed by atoms with Crippen LogP contribution in [0.3, 0.4) is 0 Å². The van der Waals surface area contributed by atoms with Crippen molar-refractivity contribution in [3.05, 3.63) is 45.7 Å². The van der Waals surface area contributed by atoms with Gasteiger partial charge in [0.1, 0.15) is 5.69 Å². The molecule has 1 fully saturated rings. The zero-order valence-corrected chi connectivity index (χ0v) is 10.3. The number of benzene rings is 1. The Balaban J connectivity index is 2.33. The molecule has 98 valence electrons. The number of carboxylic acid groups (broad SMARTS) is 1. The van der Waals surface area contributed by atoms with Crippen LogP contribution in [0.1, 0.15) is 34.9 Å². The van der Waals surface area contributed by atoms with Crippen molar-refractivity contribution < 1.29 is 9.90 Å². The highest BCUT2D eigenvalue weighted by molar-refractivity contribution is 5.91. The first-order valence-corrected chi connectivity index (χ1v) is 6.30. The first-order chi connectivity index (χ1) is 9.18. The molecular weight excluding hydrogens is 244 g/mol. The molecule has 0 aliphatic carbocycles. The molecule has 5 nitrogen and oxygen atoms in total. The molecule has 0 bridgehead atoms. The molecule has 0 amide bonds. The summed E-state index contributed by atoms with van der Waals surface area (Å²) < 4.78 is 0. The fraction of sp³-hybridized carbons (Fsp3) is 0.286. The number of para-hydroxylation sites is 1. The Bertz CT molecular complexity index is 699. The number of carbonyl (C=O) groups is 1. The van der Waals surface area contributed by atoms with Crippen LogP contribution in [-0.4, -0.2) is 22.6 Å². The van der Waals surface area contributed by atoms with Gasteiger partial charge in [-0.3, -0.25) is 4.79 Å². The summed E-state index contributed by atoms with van der Waals surface area (Å²) >= 11 is 0. The number of hydrogen-bond acceptors (Lipinski definition) is 3. The van der Waals surface area contributed by atoms with Crippen LogP contribution >= 0.6 is 0 Å². The normalized spacial score (nSPS) is 18.8. The van der Waals surface area contributed by atoms with Crippen LogP contribution in [0.5, 0.6) is 0 Å². The van der Waals surface area contributed by atoms with Crippen molar-refractivity contribution in [1.29, 1.82) is 0 Å². The lowest BCUT2D eigenvalue weighted by atomic mass is 10.00. The SMILES string of the molecule is O=C(O)c1[nH]c2ccccc2c(=O)c1C1CCCN1. The van der Waals surface area contributed by atoms with E-state index in [0.29, 0.717) is 16.5 Å². The van der Waals surface area contributed by atoms with Gasteiger partial charge in [-0.2, -0.15) is 0 Å². The smallest absolute Gasteiger partial charge is 0.352 e. The van der Waals surface area contributed by atoms with E-state index in [1.54, 1.807) is 24.3 Å². The Labute approximate surface area is 109 Å². The van der Waals surface area contributed by atoms with Gasteiger partial charge in [0.15, 0.2) is 5.43 Å². The average molecular weight is 258 g/mol. The lowest BCUT2D eigenvalue weighted by Crippen LogP contribution is -2.26. The summed E-state index contributed by atoms with van der Waals surface area (Å²) in [5.74, 6) is -1.09. The third-order valence-corrected chi connectivity index (χ3v) is 3.57. The number of nitrogens with one attached hydrogen (secondary N) is 2. The van der Waals surface area contributed by atoms with Crippen molar-refractivity contribution in [2.24, 2.45) is 0 Å². The predicted octanol–water partition coefficient (Wildman–Crippen LogP) is 1.65. The van der Waals surface area contributed by atoms with E-state index in [4.69, 9.17) is 0 Å². The van der Waals surface area contributed by atoms with Crippen molar-refractivity contribution in [2.75, 3.05) is 6.54 Å². The second-order valence-corrected chi connectivity index (χ2v) is 4.74. The first kappa shape index (κ1) is 11.9. The van der Waals surface area contributed by atoms with Crippen molar-refractivity contribution >= 4 is 16.9 Å². The van der Waals surface area contributed by atoms with Gasteiger partial charge < -0.3 is 15.4 Å². The molecule has 0 spiro atoms. The molecule has 1 saturated heterocycles. The molecule has 3 N–H and O–H groups in total.